The maximum Gasteiger partial charge on any atom is 0.223 e. The van der Waals surface area contributed by atoms with Crippen LogP contribution in [0.1, 0.15) is 34.6 Å². The molecular formula is C36H37N3O2. The molecular weight excluding hydrogens is 506 g/mol. The van der Waals surface area contributed by atoms with Crippen molar-refractivity contribution >= 4 is 22.5 Å². The van der Waals surface area contributed by atoms with Crippen molar-refractivity contribution in [3.8, 4) is 5.75 Å². The Hall–Kier alpha value is -4.51. The molecule has 0 bridgehead atoms. The first kappa shape index (κ1) is 26.7. The van der Waals surface area contributed by atoms with Crippen LogP contribution in [0.2, 0.25) is 0 Å². The number of fused-ring (bicyclic) bond motifs is 1. The second kappa shape index (κ2) is 11.9. The van der Waals surface area contributed by atoms with E-state index in [1.54, 1.807) is 0 Å². The van der Waals surface area contributed by atoms with E-state index in [4.69, 9.17) is 4.74 Å². The molecule has 2 heterocycles. The number of ether oxygens (including phenoxy) is 1. The van der Waals surface area contributed by atoms with Gasteiger partial charge in [-0.1, -0.05) is 78.9 Å². The molecule has 0 saturated carbocycles. The standard InChI is InChI=1S/C36H37N3O2/c1-27-11-6-8-17-34(27)38-19-21-39(22-20-38)36(40)24-32(33-25-37(2)35-18-9-7-16-31(33)35)29-14-10-15-30(23-29)41-26-28-12-4-3-5-13-28/h3-18,23,25,32H,19-22,24,26H2,1-2H3. The van der Waals surface area contributed by atoms with Crippen molar-refractivity contribution in [2.45, 2.75) is 25.9 Å². The number of amides is 1. The quantitative estimate of drug-likeness (QED) is 0.213. The molecule has 6 rings (SSSR count). The van der Waals surface area contributed by atoms with Gasteiger partial charge in [-0.2, -0.15) is 0 Å². The van der Waals surface area contributed by atoms with E-state index in [1.165, 1.54) is 27.7 Å². The number of carbonyl (C=O) groups is 1. The van der Waals surface area contributed by atoms with Crippen molar-refractivity contribution in [1.82, 2.24) is 9.47 Å². The van der Waals surface area contributed by atoms with E-state index in [1.807, 2.05) is 35.2 Å². The number of hydrogen-bond acceptors (Lipinski definition) is 3. The Bertz CT molecular complexity index is 1630. The van der Waals surface area contributed by atoms with Gasteiger partial charge >= 0.3 is 0 Å². The summed E-state index contributed by atoms with van der Waals surface area (Å²) in [7, 11) is 2.08. The number of hydrogen-bond donors (Lipinski definition) is 0. The summed E-state index contributed by atoms with van der Waals surface area (Å²) in [5.74, 6) is 0.933. The fraction of sp³-hybridized carbons (Fsp3) is 0.250. The number of anilines is 1. The van der Waals surface area contributed by atoms with Gasteiger partial charge in [0.25, 0.3) is 0 Å². The Labute approximate surface area is 242 Å². The maximum atomic E-state index is 13.9. The predicted molar refractivity (Wildman–Crippen MR) is 167 cm³/mol. The van der Waals surface area contributed by atoms with E-state index >= 15 is 0 Å². The van der Waals surface area contributed by atoms with Gasteiger partial charge in [-0.15, -0.1) is 0 Å². The van der Waals surface area contributed by atoms with Crippen LogP contribution in [0.4, 0.5) is 5.69 Å². The molecule has 41 heavy (non-hydrogen) atoms. The van der Waals surface area contributed by atoms with Crippen LogP contribution in [0.25, 0.3) is 10.9 Å². The molecule has 208 valence electrons. The Kier molecular flexibility index (Phi) is 7.77. The molecule has 1 amide bonds. The lowest BCUT2D eigenvalue weighted by atomic mass is 9.87. The summed E-state index contributed by atoms with van der Waals surface area (Å²) in [4.78, 5) is 18.3. The van der Waals surface area contributed by atoms with E-state index in [9.17, 15) is 4.79 Å². The van der Waals surface area contributed by atoms with E-state index in [0.29, 0.717) is 13.0 Å². The molecule has 1 atom stereocenters. The normalized spacial score (nSPS) is 14.3. The first-order valence-electron chi connectivity index (χ1n) is 14.5. The zero-order chi connectivity index (χ0) is 28.2. The molecule has 1 unspecified atom stereocenters. The summed E-state index contributed by atoms with van der Waals surface area (Å²) in [6.07, 6.45) is 2.61. The molecule has 0 aliphatic carbocycles. The third kappa shape index (κ3) is 5.85. The first-order chi connectivity index (χ1) is 20.1. The van der Waals surface area contributed by atoms with Gasteiger partial charge in [0.05, 0.1) is 0 Å². The highest BCUT2D eigenvalue weighted by Gasteiger charge is 2.28. The summed E-state index contributed by atoms with van der Waals surface area (Å²) in [5, 5.41) is 1.19. The van der Waals surface area contributed by atoms with Crippen molar-refractivity contribution in [2.75, 3.05) is 31.1 Å². The van der Waals surface area contributed by atoms with Gasteiger partial charge in [-0.25, -0.2) is 0 Å². The zero-order valence-corrected chi connectivity index (χ0v) is 23.9. The molecule has 4 aromatic carbocycles. The molecule has 1 aliphatic rings. The molecule has 0 spiro atoms. The van der Waals surface area contributed by atoms with E-state index in [2.05, 4.69) is 102 Å². The van der Waals surface area contributed by atoms with Crippen LogP contribution in [0.5, 0.6) is 5.75 Å². The monoisotopic (exact) mass is 543 g/mol. The Morgan fingerprint density at radius 1 is 0.829 bits per heavy atom. The fourth-order valence-electron chi connectivity index (χ4n) is 6.04. The SMILES string of the molecule is Cc1ccccc1N1CCN(C(=O)CC(c2cccc(OCc3ccccc3)c2)c2cn(C)c3ccccc23)CC1. The average Bonchev–Trinajstić information content (AvgIpc) is 3.35. The van der Waals surface area contributed by atoms with Gasteiger partial charge in [0, 0.05) is 68.4 Å². The summed E-state index contributed by atoms with van der Waals surface area (Å²) >= 11 is 0. The second-order valence-electron chi connectivity index (χ2n) is 11.0. The van der Waals surface area contributed by atoms with E-state index in [0.717, 1.165) is 43.1 Å². The van der Waals surface area contributed by atoms with E-state index < -0.39 is 0 Å². The minimum atomic E-state index is -0.0803. The molecule has 0 radical (unpaired) electrons. The van der Waals surface area contributed by atoms with Crippen LogP contribution in [-0.2, 0) is 18.4 Å². The highest BCUT2D eigenvalue weighted by atomic mass is 16.5. The van der Waals surface area contributed by atoms with Crippen molar-refractivity contribution in [2.24, 2.45) is 7.05 Å². The third-order valence-corrected chi connectivity index (χ3v) is 8.28. The van der Waals surface area contributed by atoms with Crippen molar-refractivity contribution in [3.05, 3.63) is 132 Å². The van der Waals surface area contributed by atoms with Gasteiger partial charge in [0.1, 0.15) is 12.4 Å². The lowest BCUT2D eigenvalue weighted by Gasteiger charge is -2.37. The minimum Gasteiger partial charge on any atom is -0.489 e. The summed E-state index contributed by atoms with van der Waals surface area (Å²) in [6, 6.07) is 35.4. The summed E-state index contributed by atoms with van der Waals surface area (Å²) in [5.41, 5.74) is 7.11. The third-order valence-electron chi connectivity index (χ3n) is 8.28. The lowest BCUT2D eigenvalue weighted by molar-refractivity contribution is -0.131. The molecule has 1 aliphatic heterocycles. The summed E-state index contributed by atoms with van der Waals surface area (Å²) < 4.78 is 8.36. The van der Waals surface area contributed by atoms with Gasteiger partial charge in [0.15, 0.2) is 0 Å². The number of benzene rings is 4. The number of aromatic nitrogens is 1. The van der Waals surface area contributed by atoms with Gasteiger partial charge in [0.2, 0.25) is 5.91 Å². The zero-order valence-electron chi connectivity index (χ0n) is 23.9. The van der Waals surface area contributed by atoms with Crippen molar-refractivity contribution in [1.29, 1.82) is 0 Å². The number of aryl methyl sites for hydroxylation is 2. The highest BCUT2D eigenvalue weighted by molar-refractivity contribution is 5.86. The molecule has 5 nitrogen and oxygen atoms in total. The first-order valence-corrected chi connectivity index (χ1v) is 14.5. The fourth-order valence-corrected chi connectivity index (χ4v) is 6.04. The van der Waals surface area contributed by atoms with Gasteiger partial charge in [-0.3, -0.25) is 4.79 Å². The van der Waals surface area contributed by atoms with Crippen molar-refractivity contribution < 1.29 is 9.53 Å². The van der Waals surface area contributed by atoms with Crippen LogP contribution < -0.4 is 9.64 Å². The molecule has 1 aromatic heterocycles. The number of rotatable bonds is 8. The number of carbonyl (C=O) groups excluding carboxylic acids is 1. The van der Waals surface area contributed by atoms with Crippen LogP contribution in [0, 0.1) is 6.92 Å². The molecule has 5 heteroatoms. The number of nitrogens with zero attached hydrogens (tertiary/aromatic N) is 3. The number of para-hydroxylation sites is 2. The average molecular weight is 544 g/mol. The number of piperazine rings is 1. The Morgan fingerprint density at radius 2 is 1.56 bits per heavy atom. The van der Waals surface area contributed by atoms with Crippen LogP contribution >= 0.6 is 0 Å². The molecule has 0 N–H and O–H groups in total. The second-order valence-corrected chi connectivity index (χ2v) is 11.0. The molecule has 1 saturated heterocycles. The minimum absolute atomic E-state index is 0.0803. The van der Waals surface area contributed by atoms with Crippen LogP contribution in [-0.4, -0.2) is 41.6 Å². The predicted octanol–water partition coefficient (Wildman–Crippen LogP) is 6.94. The van der Waals surface area contributed by atoms with Crippen molar-refractivity contribution in [3.63, 3.8) is 0 Å². The maximum absolute atomic E-state index is 13.9. The van der Waals surface area contributed by atoms with E-state index in [-0.39, 0.29) is 11.8 Å². The van der Waals surface area contributed by atoms with Gasteiger partial charge in [-0.05, 0) is 53.4 Å². The highest BCUT2D eigenvalue weighted by Crippen LogP contribution is 2.36. The smallest absolute Gasteiger partial charge is 0.223 e. The Balaban J connectivity index is 1.25. The molecule has 1 fully saturated rings. The Morgan fingerprint density at radius 3 is 2.37 bits per heavy atom. The summed E-state index contributed by atoms with van der Waals surface area (Å²) in [6.45, 7) is 5.81. The largest absolute Gasteiger partial charge is 0.489 e. The van der Waals surface area contributed by atoms with Crippen LogP contribution in [0.3, 0.4) is 0 Å². The van der Waals surface area contributed by atoms with Crippen LogP contribution in [0.15, 0.2) is 109 Å². The lowest BCUT2D eigenvalue weighted by Crippen LogP contribution is -2.49. The van der Waals surface area contributed by atoms with Gasteiger partial charge < -0.3 is 19.1 Å². The topological polar surface area (TPSA) is 37.7 Å². The molecule has 5 aromatic rings.